The third kappa shape index (κ3) is 28.7. The molecule has 2 amide bonds. The summed E-state index contributed by atoms with van der Waals surface area (Å²) in [6.07, 6.45) is 13.7. The minimum atomic E-state index is -3.08. The van der Waals surface area contributed by atoms with Crippen LogP contribution in [0.3, 0.4) is 0 Å². The predicted octanol–water partition coefficient (Wildman–Crippen LogP) is 4.89. The molecule has 3 heterocycles. The molecular weight excluding hydrogens is 1130 g/mol. The zero-order valence-corrected chi connectivity index (χ0v) is 52.6. The number of nitrogens with one attached hydrogen (secondary N) is 2. The Morgan fingerprint density at radius 3 is 1.56 bits per heavy atom. The van der Waals surface area contributed by atoms with Crippen LogP contribution in [0, 0.1) is 0 Å². The lowest BCUT2D eigenvalue weighted by Crippen LogP contribution is -2.70. The quantitative estimate of drug-likeness (QED) is 0.0285. The minimum absolute atomic E-state index is 0.191. The highest BCUT2D eigenvalue weighted by Gasteiger charge is 2.60. The molecule has 14 N–H and O–H groups in total. The maximum Gasteiger partial charge on any atom is 0.364 e. The molecule has 0 spiro atoms. The molecule has 0 bridgehead atoms. The Labute approximate surface area is 517 Å². The van der Waals surface area contributed by atoms with Crippen LogP contribution < -0.4 is 10.6 Å². The van der Waals surface area contributed by atoms with Gasteiger partial charge in [-0.3, -0.25) is 9.59 Å². The summed E-state index contributed by atoms with van der Waals surface area (Å²) in [5, 5.41) is 136. The fourth-order valence-corrected chi connectivity index (χ4v) is 11.5. The van der Waals surface area contributed by atoms with Gasteiger partial charge in [0.05, 0.1) is 50.7 Å². The molecule has 18 atom stereocenters. The first kappa shape index (κ1) is 78.5. The van der Waals surface area contributed by atoms with Crippen molar-refractivity contribution in [1.29, 1.82) is 0 Å². The third-order valence-corrected chi connectivity index (χ3v) is 16.9. The topological polar surface area (TPSA) is 373 Å². The molecule has 87 heavy (non-hydrogen) atoms. The van der Waals surface area contributed by atoms with Crippen LogP contribution in [0.5, 0.6) is 0 Å². The number of unbranched alkanes of at least 4 members (excludes halogenated alkanes) is 27. The van der Waals surface area contributed by atoms with Crippen molar-refractivity contribution in [1.82, 2.24) is 10.6 Å². The van der Waals surface area contributed by atoms with Gasteiger partial charge in [0.15, 0.2) is 12.6 Å². The number of hydrogen-bond donors (Lipinski definition) is 14. The molecule has 18 unspecified atom stereocenters. The summed E-state index contributed by atoms with van der Waals surface area (Å²) in [5.41, 5.74) is 0. The first-order chi connectivity index (χ1) is 41.9. The van der Waals surface area contributed by atoms with Gasteiger partial charge in [0.2, 0.25) is 11.8 Å². The summed E-state index contributed by atoms with van der Waals surface area (Å²) in [4.78, 5) is 38.5. The van der Waals surface area contributed by atoms with E-state index in [1.54, 1.807) is 6.08 Å². The average molecular weight is 1250 g/mol. The van der Waals surface area contributed by atoms with Crippen LogP contribution in [0.1, 0.15) is 226 Å². The molecule has 0 saturated carbocycles. The molecular formula is C64H116N2O21. The van der Waals surface area contributed by atoms with Crippen LogP contribution >= 0.6 is 0 Å². The highest BCUT2D eigenvalue weighted by Crippen LogP contribution is 2.38. The van der Waals surface area contributed by atoms with E-state index in [2.05, 4.69) is 36.6 Å². The van der Waals surface area contributed by atoms with Gasteiger partial charge in [-0.05, 0) is 44.9 Å². The van der Waals surface area contributed by atoms with Gasteiger partial charge in [-0.2, -0.15) is 0 Å². The van der Waals surface area contributed by atoms with Gasteiger partial charge >= 0.3 is 5.97 Å². The fraction of sp³-hybridized carbons (Fsp3) is 0.891. The van der Waals surface area contributed by atoms with Crippen LogP contribution in [-0.2, 0) is 42.8 Å². The molecule has 3 aliphatic rings. The highest BCUT2D eigenvalue weighted by molar-refractivity contribution is 5.77. The molecule has 3 saturated heterocycles. The Morgan fingerprint density at radius 2 is 1.08 bits per heavy atom. The first-order valence-corrected chi connectivity index (χ1v) is 33.2. The van der Waals surface area contributed by atoms with Crippen LogP contribution in [-0.4, -0.2) is 215 Å². The van der Waals surface area contributed by atoms with Gasteiger partial charge in [0, 0.05) is 19.8 Å². The normalized spacial score (nSPS) is 29.3. The van der Waals surface area contributed by atoms with Crippen LogP contribution in [0.2, 0.25) is 0 Å². The predicted molar refractivity (Wildman–Crippen MR) is 324 cm³/mol. The van der Waals surface area contributed by atoms with Crippen molar-refractivity contribution in [2.75, 3.05) is 26.4 Å². The molecule has 0 aromatic heterocycles. The number of aliphatic hydroxyl groups is 11. The molecule has 23 nitrogen and oxygen atoms in total. The van der Waals surface area contributed by atoms with Crippen molar-refractivity contribution >= 4 is 17.8 Å². The molecule has 0 radical (unpaired) electrons. The van der Waals surface area contributed by atoms with Gasteiger partial charge in [0.1, 0.15) is 67.1 Å². The van der Waals surface area contributed by atoms with E-state index in [4.69, 9.17) is 28.4 Å². The lowest BCUT2D eigenvalue weighted by Gasteiger charge is -2.50. The number of amides is 2. The van der Waals surface area contributed by atoms with E-state index in [0.29, 0.717) is 12.8 Å². The number of rotatable bonds is 49. The number of ether oxygens (including phenoxy) is 6. The molecule has 0 aromatic carbocycles. The summed E-state index contributed by atoms with van der Waals surface area (Å²) < 4.78 is 34.7. The number of carbonyl (C=O) groups is 3. The second-order valence-corrected chi connectivity index (χ2v) is 24.3. The van der Waals surface area contributed by atoms with E-state index in [0.717, 1.165) is 64.7 Å². The third-order valence-electron chi connectivity index (χ3n) is 16.9. The SMILES string of the molecule is CCCCCCCCCCC/C=C\CCCCCCCC(=O)NC(COC1OC(CO)C(OC2OC(CO)C(O)C(OC3(C(=O)O)CC(O)C(NC(C)=O)C(C(O)C(O)CO)O3)C2O)C(O)C1O)C(O)/C=C/CCCCCCCCCCCCCCC. The lowest BCUT2D eigenvalue weighted by atomic mass is 9.88. The molecule has 0 aliphatic carbocycles. The lowest BCUT2D eigenvalue weighted by molar-refractivity contribution is -0.386. The van der Waals surface area contributed by atoms with Crippen molar-refractivity contribution in [3.63, 3.8) is 0 Å². The monoisotopic (exact) mass is 1250 g/mol. The van der Waals surface area contributed by atoms with E-state index in [-0.39, 0.29) is 12.3 Å². The Balaban J connectivity index is 1.63. The van der Waals surface area contributed by atoms with Crippen molar-refractivity contribution < 1.29 is 104 Å². The van der Waals surface area contributed by atoms with Crippen LogP contribution in [0.15, 0.2) is 24.3 Å². The Hall–Kier alpha value is -2.79. The van der Waals surface area contributed by atoms with Gasteiger partial charge in [-0.25, -0.2) is 4.79 Å². The first-order valence-electron chi connectivity index (χ1n) is 33.2. The zero-order chi connectivity index (χ0) is 64.0. The number of allylic oxidation sites excluding steroid dienone is 3. The van der Waals surface area contributed by atoms with E-state index in [1.165, 1.54) is 122 Å². The maximum absolute atomic E-state index is 13.4. The van der Waals surface area contributed by atoms with E-state index in [9.17, 15) is 75.7 Å². The Kier molecular flexibility index (Phi) is 41.0. The summed E-state index contributed by atoms with van der Waals surface area (Å²) in [7, 11) is 0. The number of carboxylic acids is 1. The van der Waals surface area contributed by atoms with Crippen molar-refractivity contribution in [2.45, 2.75) is 336 Å². The van der Waals surface area contributed by atoms with Crippen LogP contribution in [0.4, 0.5) is 0 Å². The average Bonchev–Trinajstić information content (AvgIpc) is 1.02. The second-order valence-electron chi connectivity index (χ2n) is 24.3. The highest BCUT2D eigenvalue weighted by atomic mass is 16.8. The Morgan fingerprint density at radius 1 is 0.598 bits per heavy atom. The van der Waals surface area contributed by atoms with E-state index >= 15 is 0 Å². The summed E-state index contributed by atoms with van der Waals surface area (Å²) >= 11 is 0. The summed E-state index contributed by atoms with van der Waals surface area (Å²) in [6, 6.07) is -2.62. The number of aliphatic carboxylic acids is 1. The van der Waals surface area contributed by atoms with E-state index in [1.807, 2.05) is 6.08 Å². The molecule has 3 fully saturated rings. The van der Waals surface area contributed by atoms with Gasteiger partial charge in [-0.1, -0.05) is 186 Å². The standard InChI is InChI=1S/C64H116N2O21/c1-4-6-8-10-12-14-16-18-20-21-22-24-26-28-30-32-34-36-38-51(74)66-45(46(71)37-35-33-31-29-27-25-23-19-17-15-13-11-9-7-5-2)43-82-61-56(78)55(77)58(50(42-69)84-61)85-62-57(79)60(54(76)49(41-68)83-62)87-64(63(80)81)39-47(72)52(65-44(3)70)59(86-64)53(75)48(73)40-67/h22,24,35,37,45-50,52-62,67-69,71-73,75-79H,4-21,23,25-34,36,38-43H2,1-3H3,(H,65,70)(H,66,74)(H,80,81)/b24-22-,37-35+. The summed E-state index contributed by atoms with van der Waals surface area (Å²) in [6.45, 7) is 2.11. The summed E-state index contributed by atoms with van der Waals surface area (Å²) in [5.74, 6) is -6.15. The fourth-order valence-electron chi connectivity index (χ4n) is 11.5. The number of hydrogen-bond acceptors (Lipinski definition) is 20. The molecule has 3 rings (SSSR count). The molecule has 23 heteroatoms. The van der Waals surface area contributed by atoms with Crippen molar-refractivity contribution in [3.8, 4) is 0 Å². The molecule has 0 aromatic rings. The van der Waals surface area contributed by atoms with Crippen LogP contribution in [0.25, 0.3) is 0 Å². The van der Waals surface area contributed by atoms with E-state index < -0.39 is 155 Å². The number of aliphatic hydroxyl groups excluding tert-OH is 11. The number of carbonyl (C=O) groups excluding carboxylic acids is 2. The molecule has 3 aliphatic heterocycles. The molecule has 508 valence electrons. The second kappa shape index (κ2) is 45.5. The maximum atomic E-state index is 13.4. The van der Waals surface area contributed by atoms with Crippen molar-refractivity contribution in [2.24, 2.45) is 0 Å². The number of carboxylic acid groups (broad SMARTS) is 1. The minimum Gasteiger partial charge on any atom is -0.477 e. The van der Waals surface area contributed by atoms with Gasteiger partial charge in [0.25, 0.3) is 5.79 Å². The van der Waals surface area contributed by atoms with Crippen molar-refractivity contribution in [3.05, 3.63) is 24.3 Å². The van der Waals surface area contributed by atoms with Gasteiger partial charge < -0.3 is 100 Å². The largest absolute Gasteiger partial charge is 0.477 e. The zero-order valence-electron chi connectivity index (χ0n) is 52.6. The van der Waals surface area contributed by atoms with Gasteiger partial charge in [-0.15, -0.1) is 0 Å². The smallest absolute Gasteiger partial charge is 0.364 e. The Bertz CT molecular complexity index is 1870.